The number of carbonyl (C=O) groups is 2. The van der Waals surface area contributed by atoms with Crippen LogP contribution in [0.5, 0.6) is 0 Å². The molecule has 1 saturated heterocycles. The second kappa shape index (κ2) is 4.94. The lowest BCUT2D eigenvalue weighted by atomic mass is 9.87. The number of urea groups is 1. The first-order chi connectivity index (χ1) is 12.5. The second-order valence-electron chi connectivity index (χ2n) is 6.87. The Morgan fingerprint density at radius 3 is 2.62 bits per heavy atom. The SMILES string of the molecule is C[C@]12C(=O)N(c3ccccc3F)C(=O)N1CCc1c2[nH]c2ccccc12. The molecule has 5 rings (SSSR count). The molecule has 0 aliphatic carbocycles. The van der Waals surface area contributed by atoms with Crippen LogP contribution in [-0.2, 0) is 16.8 Å². The Morgan fingerprint density at radius 2 is 1.81 bits per heavy atom. The highest BCUT2D eigenvalue weighted by Gasteiger charge is 2.59. The monoisotopic (exact) mass is 349 g/mol. The Hall–Kier alpha value is -3.15. The van der Waals surface area contributed by atoms with Gasteiger partial charge in [-0.05, 0) is 37.1 Å². The highest BCUT2D eigenvalue weighted by Crippen LogP contribution is 2.45. The molecule has 2 aliphatic rings. The van der Waals surface area contributed by atoms with Gasteiger partial charge in [-0.3, -0.25) is 4.79 Å². The Bertz CT molecular complexity index is 1090. The fourth-order valence-corrected chi connectivity index (χ4v) is 4.24. The molecule has 130 valence electrons. The number of imide groups is 1. The van der Waals surface area contributed by atoms with Crippen LogP contribution in [0.4, 0.5) is 14.9 Å². The molecule has 0 bridgehead atoms. The maximum Gasteiger partial charge on any atom is 0.332 e. The number of anilines is 1. The summed E-state index contributed by atoms with van der Waals surface area (Å²) in [5.41, 5.74) is 1.55. The van der Waals surface area contributed by atoms with Crippen molar-refractivity contribution >= 4 is 28.5 Å². The number of amides is 3. The first-order valence-electron chi connectivity index (χ1n) is 8.54. The Kier molecular flexibility index (Phi) is 2.88. The summed E-state index contributed by atoms with van der Waals surface area (Å²) in [4.78, 5) is 32.2. The molecular weight excluding hydrogens is 333 g/mol. The van der Waals surface area contributed by atoms with Crippen LogP contribution in [0.2, 0.25) is 0 Å². The average molecular weight is 349 g/mol. The van der Waals surface area contributed by atoms with Crippen LogP contribution < -0.4 is 4.90 Å². The molecule has 3 amide bonds. The van der Waals surface area contributed by atoms with Crippen LogP contribution in [0.25, 0.3) is 10.9 Å². The zero-order valence-electron chi connectivity index (χ0n) is 14.1. The highest BCUT2D eigenvalue weighted by atomic mass is 19.1. The normalized spacial score (nSPS) is 22.1. The molecule has 3 heterocycles. The van der Waals surface area contributed by atoms with Crippen molar-refractivity contribution in [3.63, 3.8) is 0 Å². The number of fused-ring (bicyclic) bond motifs is 5. The van der Waals surface area contributed by atoms with E-state index in [2.05, 4.69) is 4.98 Å². The second-order valence-corrected chi connectivity index (χ2v) is 6.87. The molecule has 0 spiro atoms. The van der Waals surface area contributed by atoms with Gasteiger partial charge < -0.3 is 9.88 Å². The predicted molar refractivity (Wildman–Crippen MR) is 95.3 cm³/mol. The zero-order valence-corrected chi connectivity index (χ0v) is 14.1. The molecule has 0 unspecified atom stereocenters. The lowest BCUT2D eigenvalue weighted by Crippen LogP contribution is -2.49. The molecule has 5 nitrogen and oxygen atoms in total. The summed E-state index contributed by atoms with van der Waals surface area (Å²) in [6.45, 7) is 2.16. The van der Waals surface area contributed by atoms with Gasteiger partial charge in [-0.1, -0.05) is 30.3 Å². The van der Waals surface area contributed by atoms with Crippen molar-refractivity contribution in [1.29, 1.82) is 0 Å². The van der Waals surface area contributed by atoms with E-state index in [0.29, 0.717) is 13.0 Å². The highest BCUT2D eigenvalue weighted by molar-refractivity contribution is 6.23. The van der Waals surface area contributed by atoms with Gasteiger partial charge in [-0.2, -0.15) is 0 Å². The van der Waals surface area contributed by atoms with Gasteiger partial charge in [0.2, 0.25) is 0 Å². The third-order valence-electron chi connectivity index (χ3n) is 5.56. The summed E-state index contributed by atoms with van der Waals surface area (Å²) in [6.07, 6.45) is 0.652. The molecule has 0 saturated carbocycles. The average Bonchev–Trinajstić information content (AvgIpc) is 3.11. The number of rotatable bonds is 1. The van der Waals surface area contributed by atoms with Crippen LogP contribution in [0.3, 0.4) is 0 Å². The summed E-state index contributed by atoms with van der Waals surface area (Å²) in [6, 6.07) is 13.2. The molecule has 1 fully saturated rings. The predicted octanol–water partition coefficient (Wildman–Crippen LogP) is 3.55. The quantitative estimate of drug-likeness (QED) is 0.683. The standard InChI is InChI=1S/C20H16FN3O2/c1-20-17-13(12-6-2-4-8-15(12)22-17)10-11-23(20)19(26)24(18(20)25)16-9-5-3-7-14(16)21/h2-9,22H,10-11H2,1H3/t20-/m0/s1. The van der Waals surface area contributed by atoms with E-state index in [1.165, 1.54) is 18.2 Å². The van der Waals surface area contributed by atoms with Crippen LogP contribution in [0, 0.1) is 5.82 Å². The minimum Gasteiger partial charge on any atom is -0.356 e. The third-order valence-corrected chi connectivity index (χ3v) is 5.56. The van der Waals surface area contributed by atoms with Gasteiger partial charge in [0.1, 0.15) is 5.82 Å². The summed E-state index contributed by atoms with van der Waals surface area (Å²) in [5.74, 6) is -1.02. The van der Waals surface area contributed by atoms with Gasteiger partial charge >= 0.3 is 6.03 Å². The molecule has 0 radical (unpaired) electrons. The lowest BCUT2D eigenvalue weighted by Gasteiger charge is -2.35. The van der Waals surface area contributed by atoms with Crippen LogP contribution in [-0.4, -0.2) is 28.4 Å². The number of para-hydroxylation sites is 2. The van der Waals surface area contributed by atoms with Gasteiger partial charge in [-0.15, -0.1) is 0 Å². The summed E-state index contributed by atoms with van der Waals surface area (Å²) in [5, 5.41) is 1.06. The summed E-state index contributed by atoms with van der Waals surface area (Å²) >= 11 is 0. The topological polar surface area (TPSA) is 56.4 Å². The van der Waals surface area contributed by atoms with Crippen molar-refractivity contribution in [2.75, 3.05) is 11.4 Å². The van der Waals surface area contributed by atoms with Crippen molar-refractivity contribution in [3.8, 4) is 0 Å². The Labute approximate surface area is 149 Å². The van der Waals surface area contributed by atoms with Crippen molar-refractivity contribution in [2.24, 2.45) is 0 Å². The van der Waals surface area contributed by atoms with Gasteiger partial charge in [0, 0.05) is 17.4 Å². The van der Waals surface area contributed by atoms with E-state index in [0.717, 1.165) is 27.1 Å². The van der Waals surface area contributed by atoms with Gasteiger partial charge in [0.15, 0.2) is 5.54 Å². The lowest BCUT2D eigenvalue weighted by molar-refractivity contribution is -0.125. The molecule has 1 aromatic heterocycles. The number of halogens is 1. The molecule has 2 aromatic carbocycles. The van der Waals surface area contributed by atoms with Crippen LogP contribution in [0.15, 0.2) is 48.5 Å². The Balaban J connectivity index is 1.72. The van der Waals surface area contributed by atoms with Gasteiger partial charge in [0.05, 0.1) is 11.4 Å². The minimum atomic E-state index is -1.16. The minimum absolute atomic E-state index is 0.00390. The van der Waals surface area contributed by atoms with E-state index >= 15 is 0 Å². The number of nitrogens with zero attached hydrogens (tertiary/aromatic N) is 2. The van der Waals surface area contributed by atoms with E-state index in [1.807, 2.05) is 24.3 Å². The first-order valence-corrected chi connectivity index (χ1v) is 8.54. The summed E-state index contributed by atoms with van der Waals surface area (Å²) < 4.78 is 14.3. The molecule has 6 heteroatoms. The fraction of sp³-hybridized carbons (Fsp3) is 0.200. The molecular formula is C20H16FN3O2. The number of H-pyrrole nitrogens is 1. The molecule has 1 N–H and O–H groups in total. The molecule has 3 aromatic rings. The molecule has 26 heavy (non-hydrogen) atoms. The van der Waals surface area contributed by atoms with Crippen molar-refractivity contribution < 1.29 is 14.0 Å². The maximum atomic E-state index is 14.3. The Morgan fingerprint density at radius 1 is 1.08 bits per heavy atom. The smallest absolute Gasteiger partial charge is 0.332 e. The van der Waals surface area contributed by atoms with Crippen LogP contribution in [0.1, 0.15) is 18.2 Å². The van der Waals surface area contributed by atoms with E-state index in [9.17, 15) is 14.0 Å². The van der Waals surface area contributed by atoms with E-state index in [-0.39, 0.29) is 5.69 Å². The molecule has 2 aliphatic heterocycles. The first kappa shape index (κ1) is 15.1. The number of hydrogen-bond donors (Lipinski definition) is 1. The van der Waals surface area contributed by atoms with Crippen molar-refractivity contribution in [1.82, 2.24) is 9.88 Å². The van der Waals surface area contributed by atoms with E-state index in [4.69, 9.17) is 0 Å². The molecule has 1 atom stereocenters. The number of carbonyl (C=O) groups excluding carboxylic acids is 2. The number of aromatic nitrogens is 1. The third kappa shape index (κ3) is 1.68. The summed E-state index contributed by atoms with van der Waals surface area (Å²) in [7, 11) is 0. The largest absolute Gasteiger partial charge is 0.356 e. The van der Waals surface area contributed by atoms with Gasteiger partial charge in [0.25, 0.3) is 5.91 Å². The van der Waals surface area contributed by atoms with Gasteiger partial charge in [-0.25, -0.2) is 14.1 Å². The van der Waals surface area contributed by atoms with Crippen molar-refractivity contribution in [3.05, 3.63) is 65.6 Å². The van der Waals surface area contributed by atoms with Crippen LogP contribution >= 0.6 is 0 Å². The number of benzene rings is 2. The van der Waals surface area contributed by atoms with E-state index in [1.54, 1.807) is 17.9 Å². The number of aromatic amines is 1. The fourth-order valence-electron chi connectivity index (χ4n) is 4.24. The van der Waals surface area contributed by atoms with E-state index < -0.39 is 23.3 Å². The maximum absolute atomic E-state index is 14.3. The number of hydrogen-bond acceptors (Lipinski definition) is 2. The zero-order chi connectivity index (χ0) is 18.1. The number of nitrogens with one attached hydrogen (secondary N) is 1. The van der Waals surface area contributed by atoms with Crippen molar-refractivity contribution in [2.45, 2.75) is 18.9 Å².